The number of aryl methyl sites for hydroxylation is 2. The maximum absolute atomic E-state index is 13.0. The minimum Gasteiger partial charge on any atom is -0.383 e. The highest BCUT2D eigenvalue weighted by molar-refractivity contribution is 7.18. The lowest BCUT2D eigenvalue weighted by Crippen LogP contribution is -2.30. The van der Waals surface area contributed by atoms with E-state index in [9.17, 15) is 9.59 Å². The average molecular weight is 443 g/mol. The highest BCUT2D eigenvalue weighted by Crippen LogP contribution is 2.27. The van der Waals surface area contributed by atoms with E-state index in [0.717, 1.165) is 16.1 Å². The van der Waals surface area contributed by atoms with Gasteiger partial charge in [-0.05, 0) is 54.4 Å². The molecule has 0 saturated heterocycles. The van der Waals surface area contributed by atoms with E-state index >= 15 is 0 Å². The predicted molar refractivity (Wildman–Crippen MR) is 131 cm³/mol. The number of aromatic nitrogens is 2. The number of benzene rings is 2. The first-order valence-corrected chi connectivity index (χ1v) is 11.3. The number of hydrogen-bond acceptors (Lipinski definition) is 5. The van der Waals surface area contributed by atoms with Crippen LogP contribution in [0.2, 0.25) is 0 Å². The van der Waals surface area contributed by atoms with Gasteiger partial charge in [0.15, 0.2) is 5.65 Å². The number of thiophene rings is 1. The van der Waals surface area contributed by atoms with E-state index in [1.807, 2.05) is 32.0 Å². The van der Waals surface area contributed by atoms with Gasteiger partial charge in [0.2, 0.25) is 0 Å². The molecular formula is C25H22N4O2S. The maximum atomic E-state index is 13.0. The van der Waals surface area contributed by atoms with Crippen LogP contribution >= 0.6 is 11.3 Å². The van der Waals surface area contributed by atoms with Crippen LogP contribution in [0.3, 0.4) is 0 Å². The Bertz CT molecular complexity index is 1550. The van der Waals surface area contributed by atoms with Crippen LogP contribution in [-0.2, 0) is 0 Å². The Morgan fingerprint density at radius 1 is 1.03 bits per heavy atom. The van der Waals surface area contributed by atoms with Crippen molar-refractivity contribution in [3.05, 3.63) is 87.2 Å². The third kappa shape index (κ3) is 3.50. The molecule has 5 rings (SSSR count). The summed E-state index contributed by atoms with van der Waals surface area (Å²) < 4.78 is 1.46. The van der Waals surface area contributed by atoms with Crippen molar-refractivity contribution in [1.82, 2.24) is 14.7 Å². The lowest BCUT2D eigenvalue weighted by Gasteiger charge is -2.10. The standard InChI is InChI=1S/C25H22N4O2S/c1-15-16(2)32-24-21(15)25(31)29-13-5-8-20(22(29)28-24)23(30)27-12-11-26-19-10-9-17-6-3-4-7-18(17)14-19/h3-10,13-14,26H,11-12H2,1-2H3,(H,27,30). The minimum atomic E-state index is -0.250. The van der Waals surface area contributed by atoms with E-state index in [1.165, 1.54) is 26.5 Å². The number of fused-ring (bicyclic) bond motifs is 3. The van der Waals surface area contributed by atoms with Gasteiger partial charge < -0.3 is 10.6 Å². The SMILES string of the molecule is Cc1sc2nc3c(C(=O)NCCNc4ccc5ccccc5c4)cccn3c(=O)c2c1C. The van der Waals surface area contributed by atoms with Gasteiger partial charge in [0.05, 0.1) is 10.9 Å². The normalized spacial score (nSPS) is 11.3. The van der Waals surface area contributed by atoms with E-state index in [2.05, 4.69) is 39.9 Å². The molecule has 7 heteroatoms. The van der Waals surface area contributed by atoms with Crippen LogP contribution < -0.4 is 16.2 Å². The Labute approximate surface area is 188 Å². The summed E-state index contributed by atoms with van der Waals surface area (Å²) >= 11 is 1.48. The lowest BCUT2D eigenvalue weighted by atomic mass is 10.1. The summed E-state index contributed by atoms with van der Waals surface area (Å²) in [5.41, 5.74) is 2.58. The molecule has 0 aliphatic carbocycles. The fraction of sp³-hybridized carbons (Fsp3) is 0.160. The molecule has 32 heavy (non-hydrogen) atoms. The average Bonchev–Trinajstić information content (AvgIpc) is 3.09. The molecule has 0 fully saturated rings. The van der Waals surface area contributed by atoms with Crippen LogP contribution in [0.15, 0.2) is 65.6 Å². The highest BCUT2D eigenvalue weighted by atomic mass is 32.1. The molecule has 0 aliphatic heterocycles. The van der Waals surface area contributed by atoms with E-state index in [-0.39, 0.29) is 11.5 Å². The van der Waals surface area contributed by atoms with Gasteiger partial charge in [0, 0.05) is 29.9 Å². The quantitative estimate of drug-likeness (QED) is 0.393. The van der Waals surface area contributed by atoms with Crippen molar-refractivity contribution >= 4 is 49.6 Å². The van der Waals surface area contributed by atoms with Gasteiger partial charge in [-0.3, -0.25) is 14.0 Å². The Morgan fingerprint density at radius 2 is 1.84 bits per heavy atom. The fourth-order valence-electron chi connectivity index (χ4n) is 3.89. The van der Waals surface area contributed by atoms with Gasteiger partial charge in [0.1, 0.15) is 4.83 Å². The van der Waals surface area contributed by atoms with Crippen LogP contribution in [0.5, 0.6) is 0 Å². The van der Waals surface area contributed by atoms with Crippen LogP contribution in [-0.4, -0.2) is 28.4 Å². The number of pyridine rings is 1. The van der Waals surface area contributed by atoms with E-state index in [1.54, 1.807) is 18.3 Å². The second-order valence-electron chi connectivity index (χ2n) is 7.74. The number of carbonyl (C=O) groups is 1. The molecule has 5 aromatic rings. The summed E-state index contributed by atoms with van der Waals surface area (Å²) in [6, 6.07) is 17.8. The molecule has 6 nitrogen and oxygen atoms in total. The summed E-state index contributed by atoms with van der Waals surface area (Å²) in [5, 5.41) is 9.25. The molecule has 0 saturated carbocycles. The van der Waals surface area contributed by atoms with Crippen molar-refractivity contribution in [1.29, 1.82) is 0 Å². The van der Waals surface area contributed by atoms with Crippen molar-refractivity contribution in [3.8, 4) is 0 Å². The fourth-order valence-corrected chi connectivity index (χ4v) is 4.91. The molecule has 3 heterocycles. The number of nitrogens with one attached hydrogen (secondary N) is 2. The van der Waals surface area contributed by atoms with Crippen LogP contribution in [0.4, 0.5) is 5.69 Å². The number of rotatable bonds is 5. The highest BCUT2D eigenvalue weighted by Gasteiger charge is 2.17. The Hall–Kier alpha value is -3.71. The Morgan fingerprint density at radius 3 is 2.69 bits per heavy atom. The monoisotopic (exact) mass is 442 g/mol. The summed E-state index contributed by atoms with van der Waals surface area (Å²) in [6.07, 6.45) is 1.66. The van der Waals surface area contributed by atoms with Gasteiger partial charge >= 0.3 is 0 Å². The summed E-state index contributed by atoms with van der Waals surface area (Å²) in [4.78, 5) is 32.3. The topological polar surface area (TPSA) is 75.5 Å². The smallest absolute Gasteiger partial charge is 0.266 e. The van der Waals surface area contributed by atoms with Gasteiger partial charge in [0.25, 0.3) is 11.5 Å². The third-order valence-electron chi connectivity index (χ3n) is 5.71. The number of amides is 1. The maximum Gasteiger partial charge on any atom is 0.266 e. The van der Waals surface area contributed by atoms with Gasteiger partial charge in [-0.1, -0.05) is 30.3 Å². The largest absolute Gasteiger partial charge is 0.383 e. The zero-order chi connectivity index (χ0) is 22.2. The molecule has 1 amide bonds. The zero-order valence-electron chi connectivity index (χ0n) is 17.8. The lowest BCUT2D eigenvalue weighted by molar-refractivity contribution is 0.0956. The molecule has 3 aromatic heterocycles. The van der Waals surface area contributed by atoms with E-state index in [4.69, 9.17) is 0 Å². The first-order valence-electron chi connectivity index (χ1n) is 10.4. The van der Waals surface area contributed by atoms with Gasteiger partial charge in [-0.2, -0.15) is 0 Å². The summed E-state index contributed by atoms with van der Waals surface area (Å²) in [6.45, 7) is 4.93. The predicted octanol–water partition coefficient (Wildman–Crippen LogP) is 4.52. The van der Waals surface area contributed by atoms with Crippen molar-refractivity contribution < 1.29 is 4.79 Å². The number of anilines is 1. The summed E-state index contributed by atoms with van der Waals surface area (Å²) in [7, 11) is 0. The van der Waals surface area contributed by atoms with Gasteiger partial charge in [-0.15, -0.1) is 11.3 Å². The first-order chi connectivity index (χ1) is 15.5. The zero-order valence-corrected chi connectivity index (χ0v) is 18.6. The molecule has 0 spiro atoms. The summed E-state index contributed by atoms with van der Waals surface area (Å²) in [5.74, 6) is -0.250. The van der Waals surface area contributed by atoms with Crippen LogP contribution in [0.1, 0.15) is 20.8 Å². The van der Waals surface area contributed by atoms with E-state index < -0.39 is 0 Å². The number of hydrogen-bond donors (Lipinski definition) is 2. The first kappa shape index (κ1) is 20.2. The molecule has 0 unspecified atom stereocenters. The minimum absolute atomic E-state index is 0.139. The third-order valence-corrected chi connectivity index (χ3v) is 6.81. The second kappa shape index (κ2) is 8.09. The molecular weight excluding hydrogens is 420 g/mol. The molecule has 0 radical (unpaired) electrons. The van der Waals surface area contributed by atoms with Crippen LogP contribution in [0.25, 0.3) is 26.6 Å². The number of nitrogens with zero attached hydrogens (tertiary/aromatic N) is 2. The van der Waals surface area contributed by atoms with Gasteiger partial charge in [-0.25, -0.2) is 4.98 Å². The molecule has 0 atom stereocenters. The molecule has 2 N–H and O–H groups in total. The molecule has 0 aliphatic rings. The Balaban J connectivity index is 1.33. The van der Waals surface area contributed by atoms with E-state index in [0.29, 0.717) is 34.5 Å². The van der Waals surface area contributed by atoms with Crippen molar-refractivity contribution in [3.63, 3.8) is 0 Å². The van der Waals surface area contributed by atoms with Crippen molar-refractivity contribution in [2.75, 3.05) is 18.4 Å². The van der Waals surface area contributed by atoms with Crippen molar-refractivity contribution in [2.24, 2.45) is 0 Å². The molecule has 160 valence electrons. The van der Waals surface area contributed by atoms with Crippen LogP contribution in [0, 0.1) is 13.8 Å². The second-order valence-corrected chi connectivity index (χ2v) is 8.94. The number of carbonyl (C=O) groups excluding carboxylic acids is 1. The Kier molecular flexibility index (Phi) is 5.11. The molecule has 0 bridgehead atoms. The molecule has 2 aromatic carbocycles. The van der Waals surface area contributed by atoms with Crippen molar-refractivity contribution in [2.45, 2.75) is 13.8 Å².